The van der Waals surface area contributed by atoms with E-state index >= 15 is 0 Å². The molecule has 0 fully saturated rings. The Hall–Kier alpha value is -1.07. The number of thioether (sulfide) groups is 1. The molecule has 0 saturated carbocycles. The van der Waals surface area contributed by atoms with Crippen molar-refractivity contribution in [1.29, 1.82) is 0 Å². The van der Waals surface area contributed by atoms with Crippen molar-refractivity contribution in [2.75, 3.05) is 19.0 Å². The maximum Gasteiger partial charge on any atom is 0.208 e. The van der Waals surface area contributed by atoms with Gasteiger partial charge in [-0.25, -0.2) is 0 Å². The molecule has 0 aliphatic heterocycles. The number of aryl methyl sites for hydroxylation is 1. The highest BCUT2D eigenvalue weighted by Gasteiger charge is 2.06. The number of hydrogen-bond acceptors (Lipinski definition) is 5. The van der Waals surface area contributed by atoms with Crippen LogP contribution in [0.5, 0.6) is 0 Å². The second-order valence-electron chi connectivity index (χ2n) is 4.02. The molecule has 3 nitrogen and oxygen atoms in total. The zero-order chi connectivity index (χ0) is 12.3. The molecule has 0 bridgehead atoms. The Morgan fingerprint density at radius 3 is 2.47 bits per heavy atom. The Morgan fingerprint density at radius 2 is 1.88 bits per heavy atom. The lowest BCUT2D eigenvalue weighted by Gasteiger charge is -2.03. The van der Waals surface area contributed by atoms with Crippen molar-refractivity contribution < 1.29 is 0 Å². The molecule has 2 rings (SSSR count). The van der Waals surface area contributed by atoms with E-state index in [0.29, 0.717) is 0 Å². The first-order chi connectivity index (χ1) is 8.15. The highest BCUT2D eigenvalue weighted by atomic mass is 32.2. The van der Waals surface area contributed by atoms with Gasteiger partial charge in [0.2, 0.25) is 5.13 Å². The second-order valence-corrected chi connectivity index (χ2v) is 6.20. The summed E-state index contributed by atoms with van der Waals surface area (Å²) >= 11 is 3.37. The zero-order valence-corrected chi connectivity index (χ0v) is 11.8. The van der Waals surface area contributed by atoms with Gasteiger partial charge in [0.05, 0.1) is 0 Å². The summed E-state index contributed by atoms with van der Waals surface area (Å²) < 4.78 is 1.02. The third-order valence-electron chi connectivity index (χ3n) is 2.26. The van der Waals surface area contributed by atoms with Crippen LogP contribution in [0.1, 0.15) is 11.1 Å². The summed E-state index contributed by atoms with van der Waals surface area (Å²) in [5.41, 5.74) is 2.62. The van der Waals surface area contributed by atoms with E-state index in [2.05, 4.69) is 41.4 Å². The van der Waals surface area contributed by atoms with Gasteiger partial charge in [-0.2, -0.15) is 0 Å². The van der Waals surface area contributed by atoms with Gasteiger partial charge in [0.25, 0.3) is 0 Å². The van der Waals surface area contributed by atoms with Gasteiger partial charge in [-0.1, -0.05) is 52.9 Å². The van der Waals surface area contributed by atoms with Crippen molar-refractivity contribution >= 4 is 28.2 Å². The zero-order valence-electron chi connectivity index (χ0n) is 10.2. The molecule has 17 heavy (non-hydrogen) atoms. The van der Waals surface area contributed by atoms with Crippen molar-refractivity contribution in [2.45, 2.75) is 17.0 Å². The quantitative estimate of drug-likeness (QED) is 0.794. The number of benzene rings is 1. The van der Waals surface area contributed by atoms with Crippen LogP contribution in [-0.2, 0) is 5.75 Å². The minimum Gasteiger partial charge on any atom is -0.353 e. The molecule has 0 atom stereocenters. The van der Waals surface area contributed by atoms with Crippen molar-refractivity contribution in [2.24, 2.45) is 0 Å². The number of rotatable bonds is 4. The van der Waals surface area contributed by atoms with Crippen molar-refractivity contribution in [3.05, 3.63) is 35.4 Å². The predicted octanol–water partition coefficient (Wildman–Crippen LogP) is 3.20. The minimum absolute atomic E-state index is 0.947. The Morgan fingerprint density at radius 1 is 1.18 bits per heavy atom. The van der Waals surface area contributed by atoms with Crippen LogP contribution in [0.2, 0.25) is 0 Å². The minimum atomic E-state index is 0.947. The van der Waals surface area contributed by atoms with Gasteiger partial charge >= 0.3 is 0 Å². The fourth-order valence-corrected chi connectivity index (χ4v) is 2.99. The number of nitrogens with zero attached hydrogens (tertiary/aromatic N) is 3. The van der Waals surface area contributed by atoms with Crippen LogP contribution < -0.4 is 4.90 Å². The van der Waals surface area contributed by atoms with E-state index in [9.17, 15) is 0 Å². The van der Waals surface area contributed by atoms with Crippen LogP contribution in [0.3, 0.4) is 0 Å². The van der Waals surface area contributed by atoms with Crippen LogP contribution in [0.15, 0.2) is 28.6 Å². The monoisotopic (exact) mass is 265 g/mol. The SMILES string of the molecule is Cc1ccc(CSc2nnc(N(C)C)s2)cc1. The van der Waals surface area contributed by atoms with Gasteiger partial charge in [0.1, 0.15) is 0 Å². The largest absolute Gasteiger partial charge is 0.353 e. The fraction of sp³-hybridized carbons (Fsp3) is 0.333. The molecule has 1 aromatic carbocycles. The third kappa shape index (κ3) is 3.44. The molecule has 2 aromatic rings. The fourth-order valence-electron chi connectivity index (χ4n) is 1.27. The summed E-state index contributed by atoms with van der Waals surface area (Å²) in [6, 6.07) is 8.61. The van der Waals surface area contributed by atoms with Crippen LogP contribution in [0.25, 0.3) is 0 Å². The van der Waals surface area contributed by atoms with E-state index < -0.39 is 0 Å². The average Bonchev–Trinajstić information content (AvgIpc) is 2.77. The highest BCUT2D eigenvalue weighted by molar-refractivity contribution is 8.00. The van der Waals surface area contributed by atoms with Gasteiger partial charge in [-0.05, 0) is 12.5 Å². The lowest BCUT2D eigenvalue weighted by Crippen LogP contribution is -2.07. The maximum atomic E-state index is 4.16. The first-order valence-corrected chi connectivity index (χ1v) is 7.14. The topological polar surface area (TPSA) is 29.0 Å². The highest BCUT2D eigenvalue weighted by Crippen LogP contribution is 2.29. The van der Waals surface area contributed by atoms with E-state index in [1.54, 1.807) is 23.1 Å². The van der Waals surface area contributed by atoms with Crippen LogP contribution in [0, 0.1) is 6.92 Å². The lowest BCUT2D eigenvalue weighted by molar-refractivity contribution is 0.972. The van der Waals surface area contributed by atoms with Crippen molar-refractivity contribution in [3.63, 3.8) is 0 Å². The average molecular weight is 265 g/mol. The van der Waals surface area contributed by atoms with Crippen LogP contribution >= 0.6 is 23.1 Å². The summed E-state index contributed by atoms with van der Waals surface area (Å²) in [6.07, 6.45) is 0. The molecular weight excluding hydrogens is 250 g/mol. The van der Waals surface area contributed by atoms with Gasteiger partial charge in [0.15, 0.2) is 4.34 Å². The summed E-state index contributed by atoms with van der Waals surface area (Å²) in [6.45, 7) is 2.10. The molecule has 5 heteroatoms. The molecule has 1 heterocycles. The molecular formula is C12H15N3S2. The third-order valence-corrected chi connectivity index (χ3v) is 4.56. The van der Waals surface area contributed by atoms with Gasteiger partial charge in [-0.3, -0.25) is 0 Å². The molecule has 0 amide bonds. The number of aromatic nitrogens is 2. The van der Waals surface area contributed by atoms with E-state index in [1.807, 2.05) is 19.0 Å². The first kappa shape index (κ1) is 12.4. The standard InChI is InChI=1S/C12H15N3S2/c1-9-4-6-10(7-5-9)8-16-12-14-13-11(17-12)15(2)3/h4-7H,8H2,1-3H3. The molecule has 1 aromatic heterocycles. The Labute approximate surface area is 110 Å². The maximum absolute atomic E-state index is 4.16. The number of hydrogen-bond donors (Lipinski definition) is 0. The Balaban J connectivity index is 1.95. The molecule has 0 N–H and O–H groups in total. The summed E-state index contributed by atoms with van der Waals surface area (Å²) in [5.74, 6) is 0.947. The molecule has 0 saturated heterocycles. The normalized spacial score (nSPS) is 10.5. The Kier molecular flexibility index (Phi) is 4.02. The van der Waals surface area contributed by atoms with E-state index in [0.717, 1.165) is 15.2 Å². The van der Waals surface area contributed by atoms with E-state index in [4.69, 9.17) is 0 Å². The van der Waals surface area contributed by atoms with Crippen LogP contribution in [0.4, 0.5) is 5.13 Å². The first-order valence-electron chi connectivity index (χ1n) is 5.34. The predicted molar refractivity (Wildman–Crippen MR) is 75.0 cm³/mol. The van der Waals surface area contributed by atoms with Crippen molar-refractivity contribution in [3.8, 4) is 0 Å². The van der Waals surface area contributed by atoms with Gasteiger partial charge < -0.3 is 4.90 Å². The van der Waals surface area contributed by atoms with Gasteiger partial charge in [-0.15, -0.1) is 10.2 Å². The molecule has 90 valence electrons. The molecule has 0 aliphatic carbocycles. The molecule has 0 radical (unpaired) electrons. The molecule has 0 spiro atoms. The summed E-state index contributed by atoms with van der Waals surface area (Å²) in [5, 5.41) is 9.23. The van der Waals surface area contributed by atoms with E-state index in [1.165, 1.54) is 11.1 Å². The second kappa shape index (κ2) is 5.51. The summed E-state index contributed by atoms with van der Waals surface area (Å²) in [7, 11) is 3.96. The van der Waals surface area contributed by atoms with Crippen molar-refractivity contribution in [1.82, 2.24) is 10.2 Å². The molecule has 0 aliphatic rings. The van der Waals surface area contributed by atoms with Crippen LogP contribution in [-0.4, -0.2) is 24.3 Å². The lowest BCUT2D eigenvalue weighted by atomic mass is 10.2. The smallest absolute Gasteiger partial charge is 0.208 e. The van der Waals surface area contributed by atoms with Gasteiger partial charge in [0, 0.05) is 19.8 Å². The Bertz CT molecular complexity index is 477. The van der Waals surface area contributed by atoms with E-state index in [-0.39, 0.29) is 0 Å². The molecule has 0 unspecified atom stereocenters. The number of anilines is 1. The summed E-state index contributed by atoms with van der Waals surface area (Å²) in [4.78, 5) is 1.98.